The average Bonchev–Trinajstić information content (AvgIpc) is 2.72. The second kappa shape index (κ2) is 11.2. The zero-order valence-corrected chi connectivity index (χ0v) is 18.1. The number of hydrazine groups is 1. The molecular formula is C20H20BrN3O4S. The summed E-state index contributed by atoms with van der Waals surface area (Å²) in [7, 11) is 0. The van der Waals surface area contributed by atoms with Crippen LogP contribution in [0, 0.1) is 0 Å². The molecular weight excluding hydrogens is 458 g/mol. The van der Waals surface area contributed by atoms with Gasteiger partial charge in [0.2, 0.25) is 0 Å². The predicted molar refractivity (Wildman–Crippen MR) is 118 cm³/mol. The molecule has 152 valence electrons. The molecule has 0 aliphatic heterocycles. The van der Waals surface area contributed by atoms with Crippen LogP contribution in [-0.4, -0.2) is 30.1 Å². The lowest BCUT2D eigenvalue weighted by Gasteiger charge is -2.13. The summed E-state index contributed by atoms with van der Waals surface area (Å²) in [4.78, 5) is 24.7. The minimum absolute atomic E-state index is 0.0575. The predicted octanol–water partition coefficient (Wildman–Crippen LogP) is 3.36. The number of nitrogens with one attached hydrogen (secondary N) is 3. The van der Waals surface area contributed by atoms with E-state index in [1.54, 1.807) is 48.5 Å². The highest BCUT2D eigenvalue weighted by Gasteiger charge is 2.14. The smallest absolute Gasteiger partial charge is 0.273 e. The van der Waals surface area contributed by atoms with Gasteiger partial charge in [-0.2, -0.15) is 0 Å². The molecule has 0 aliphatic rings. The molecule has 0 bridgehead atoms. The van der Waals surface area contributed by atoms with Gasteiger partial charge in [-0.1, -0.05) is 24.8 Å². The molecule has 9 heteroatoms. The van der Waals surface area contributed by atoms with Gasteiger partial charge in [-0.25, -0.2) is 0 Å². The molecule has 0 radical (unpaired) electrons. The van der Waals surface area contributed by atoms with E-state index in [1.807, 2.05) is 6.92 Å². The molecule has 2 aromatic carbocycles. The fraction of sp³-hybridized carbons (Fsp3) is 0.150. The number of thiocarbonyl (C=S) groups is 1. The number of ether oxygens (including phenoxy) is 2. The lowest BCUT2D eigenvalue weighted by atomic mass is 10.2. The maximum Gasteiger partial charge on any atom is 0.273 e. The van der Waals surface area contributed by atoms with Crippen LogP contribution in [0.15, 0.2) is 59.6 Å². The third kappa shape index (κ3) is 6.58. The number of hydrogen-bond donors (Lipinski definition) is 3. The highest BCUT2D eigenvalue weighted by Crippen LogP contribution is 2.26. The van der Waals surface area contributed by atoms with Crippen LogP contribution < -0.4 is 25.6 Å². The van der Waals surface area contributed by atoms with Crippen molar-refractivity contribution in [3.05, 3.63) is 70.7 Å². The number of carbonyl (C=O) groups excluding carboxylic acids is 2. The highest BCUT2D eigenvalue weighted by atomic mass is 79.9. The van der Waals surface area contributed by atoms with Gasteiger partial charge >= 0.3 is 0 Å². The van der Waals surface area contributed by atoms with E-state index in [9.17, 15) is 9.59 Å². The van der Waals surface area contributed by atoms with Gasteiger partial charge in [0.1, 0.15) is 18.1 Å². The van der Waals surface area contributed by atoms with Gasteiger partial charge in [-0.05, 0) is 65.4 Å². The molecule has 0 fully saturated rings. The van der Waals surface area contributed by atoms with Crippen LogP contribution >= 0.6 is 28.1 Å². The Kier molecular flexibility index (Phi) is 8.63. The fourth-order valence-corrected chi connectivity index (χ4v) is 2.87. The van der Waals surface area contributed by atoms with Crippen LogP contribution in [-0.2, 0) is 0 Å². The van der Waals surface area contributed by atoms with Gasteiger partial charge in [0, 0.05) is 5.56 Å². The van der Waals surface area contributed by atoms with Gasteiger partial charge in [-0.3, -0.25) is 25.8 Å². The standard InChI is InChI=1S/C20H20BrN3O4S/c1-3-11-28-16-8-6-5-7-14(16)19(26)23-24-20(29)22-18(25)13-9-10-17(27-4-2)15(21)12-13/h3,5-10,12H,1,4,11H2,2H3,(H,23,26)(H2,22,24,25,29). The molecule has 0 spiro atoms. The van der Waals surface area contributed by atoms with E-state index >= 15 is 0 Å². The van der Waals surface area contributed by atoms with Gasteiger partial charge in [0.25, 0.3) is 11.8 Å². The maximum absolute atomic E-state index is 12.4. The van der Waals surface area contributed by atoms with E-state index in [1.165, 1.54) is 0 Å². The van der Waals surface area contributed by atoms with Crippen LogP contribution in [0.3, 0.4) is 0 Å². The van der Waals surface area contributed by atoms with E-state index in [0.29, 0.717) is 33.7 Å². The monoisotopic (exact) mass is 477 g/mol. The lowest BCUT2D eigenvalue weighted by molar-refractivity contribution is 0.0931. The van der Waals surface area contributed by atoms with Crippen molar-refractivity contribution in [2.45, 2.75) is 6.92 Å². The number of rotatable bonds is 7. The second-order valence-electron chi connectivity index (χ2n) is 5.54. The summed E-state index contributed by atoms with van der Waals surface area (Å²) < 4.78 is 11.5. The van der Waals surface area contributed by atoms with Crippen LogP contribution in [0.2, 0.25) is 0 Å². The minimum Gasteiger partial charge on any atom is -0.493 e. The first-order valence-electron chi connectivity index (χ1n) is 8.63. The third-order valence-corrected chi connectivity index (χ3v) is 4.32. The molecule has 2 aromatic rings. The number of halogens is 1. The van der Waals surface area contributed by atoms with Crippen molar-refractivity contribution in [2.24, 2.45) is 0 Å². The molecule has 0 atom stereocenters. The number of benzene rings is 2. The van der Waals surface area contributed by atoms with E-state index in [4.69, 9.17) is 21.7 Å². The minimum atomic E-state index is -0.468. The molecule has 2 amide bonds. The van der Waals surface area contributed by atoms with Crippen molar-refractivity contribution in [2.75, 3.05) is 13.2 Å². The maximum atomic E-state index is 12.4. The molecule has 0 unspecified atom stereocenters. The first-order chi connectivity index (χ1) is 14.0. The molecule has 0 aromatic heterocycles. The van der Waals surface area contributed by atoms with Crippen molar-refractivity contribution in [1.29, 1.82) is 0 Å². The second-order valence-corrected chi connectivity index (χ2v) is 6.80. The zero-order valence-electron chi connectivity index (χ0n) is 15.7. The summed E-state index contributed by atoms with van der Waals surface area (Å²) in [5.74, 6) is 0.135. The van der Waals surface area contributed by atoms with Crippen molar-refractivity contribution < 1.29 is 19.1 Å². The van der Waals surface area contributed by atoms with Crippen LogP contribution in [0.1, 0.15) is 27.6 Å². The quantitative estimate of drug-likeness (QED) is 0.322. The molecule has 0 saturated carbocycles. The molecule has 29 heavy (non-hydrogen) atoms. The molecule has 0 saturated heterocycles. The molecule has 7 nitrogen and oxygen atoms in total. The Morgan fingerprint density at radius 1 is 1.10 bits per heavy atom. The van der Waals surface area contributed by atoms with Gasteiger partial charge in [0.05, 0.1) is 16.6 Å². The Bertz CT molecular complexity index is 920. The average molecular weight is 478 g/mol. The van der Waals surface area contributed by atoms with Crippen molar-refractivity contribution in [3.63, 3.8) is 0 Å². The number of amides is 2. The number of para-hydroxylation sites is 1. The molecule has 2 rings (SSSR count). The number of hydrogen-bond acceptors (Lipinski definition) is 5. The normalized spacial score (nSPS) is 9.86. The van der Waals surface area contributed by atoms with Gasteiger partial charge in [0.15, 0.2) is 5.11 Å². The topological polar surface area (TPSA) is 88.7 Å². The Morgan fingerprint density at radius 2 is 1.86 bits per heavy atom. The van der Waals surface area contributed by atoms with Crippen LogP contribution in [0.4, 0.5) is 0 Å². The largest absolute Gasteiger partial charge is 0.493 e. The summed E-state index contributed by atoms with van der Waals surface area (Å²) in [6.45, 7) is 6.23. The fourth-order valence-electron chi connectivity index (χ4n) is 2.23. The number of carbonyl (C=O) groups is 2. The first-order valence-corrected chi connectivity index (χ1v) is 9.83. The van der Waals surface area contributed by atoms with E-state index in [-0.39, 0.29) is 11.7 Å². The lowest BCUT2D eigenvalue weighted by Crippen LogP contribution is -2.48. The summed E-state index contributed by atoms with van der Waals surface area (Å²) >= 11 is 8.42. The summed E-state index contributed by atoms with van der Waals surface area (Å²) in [5, 5.41) is 2.43. The SMILES string of the molecule is C=CCOc1ccccc1C(=O)NNC(=S)NC(=O)c1ccc(OCC)c(Br)c1. The van der Waals surface area contributed by atoms with E-state index < -0.39 is 11.8 Å². The van der Waals surface area contributed by atoms with Crippen molar-refractivity contribution in [1.82, 2.24) is 16.2 Å². The Labute approximate surface area is 182 Å². The Morgan fingerprint density at radius 3 is 2.55 bits per heavy atom. The Balaban J connectivity index is 1.93. The van der Waals surface area contributed by atoms with Crippen molar-refractivity contribution >= 4 is 45.1 Å². The molecule has 3 N–H and O–H groups in total. The summed E-state index contributed by atoms with van der Waals surface area (Å²) in [5.41, 5.74) is 5.61. The molecule has 0 heterocycles. The third-order valence-electron chi connectivity index (χ3n) is 3.50. The highest BCUT2D eigenvalue weighted by molar-refractivity contribution is 9.10. The van der Waals surface area contributed by atoms with E-state index in [0.717, 1.165) is 0 Å². The first kappa shape index (κ1) is 22.4. The molecule has 0 aliphatic carbocycles. The summed E-state index contributed by atoms with van der Waals surface area (Å²) in [6, 6.07) is 11.6. The summed E-state index contributed by atoms with van der Waals surface area (Å²) in [6.07, 6.45) is 1.58. The van der Waals surface area contributed by atoms with Crippen molar-refractivity contribution in [3.8, 4) is 11.5 Å². The van der Waals surface area contributed by atoms with Crippen LogP contribution in [0.25, 0.3) is 0 Å². The zero-order chi connectivity index (χ0) is 21.2. The van der Waals surface area contributed by atoms with Crippen LogP contribution in [0.5, 0.6) is 11.5 Å². The van der Waals surface area contributed by atoms with E-state index in [2.05, 4.69) is 38.7 Å². The Hall–Kier alpha value is -2.91. The van der Waals surface area contributed by atoms with Gasteiger partial charge in [-0.15, -0.1) is 0 Å². The van der Waals surface area contributed by atoms with Gasteiger partial charge < -0.3 is 9.47 Å².